The van der Waals surface area contributed by atoms with E-state index in [2.05, 4.69) is 21.2 Å². The molecule has 2 rings (SSSR count). The van der Waals surface area contributed by atoms with E-state index in [0.29, 0.717) is 18.6 Å². The van der Waals surface area contributed by atoms with Gasteiger partial charge in [0.05, 0.1) is 0 Å². The largest absolute Gasteiger partial charge is 0.388 e. The molecule has 0 radical (unpaired) electrons. The second kappa shape index (κ2) is 4.62. The van der Waals surface area contributed by atoms with Crippen LogP contribution in [0.25, 0.3) is 6.08 Å². The molecule has 0 atom stereocenters. The Balaban J connectivity index is 2.15. The van der Waals surface area contributed by atoms with E-state index in [1.807, 2.05) is 30.3 Å². The molecule has 1 aliphatic rings. The van der Waals surface area contributed by atoms with Gasteiger partial charge in [-0.15, -0.1) is 0 Å². The quantitative estimate of drug-likeness (QED) is 0.846. The van der Waals surface area contributed by atoms with Crippen molar-refractivity contribution in [3.8, 4) is 0 Å². The topological polar surface area (TPSA) is 29.1 Å². The number of Topliss-reactive ketones (excluding diaryl/α,β-unsaturated/α-hetero) is 1. The van der Waals surface area contributed by atoms with Crippen LogP contribution in [0.15, 0.2) is 34.4 Å². The van der Waals surface area contributed by atoms with Gasteiger partial charge in [-0.25, -0.2) is 0 Å². The Hall–Kier alpha value is -1.09. The molecule has 0 aromatic heterocycles. The van der Waals surface area contributed by atoms with Crippen molar-refractivity contribution in [3.63, 3.8) is 0 Å². The fourth-order valence-electron chi connectivity index (χ4n) is 1.59. The molecule has 1 aromatic carbocycles. The Morgan fingerprint density at radius 3 is 2.67 bits per heavy atom. The van der Waals surface area contributed by atoms with Crippen LogP contribution in [0.1, 0.15) is 18.4 Å². The predicted octanol–water partition coefficient (Wildman–Crippen LogP) is 2.74. The second-order valence-electron chi connectivity index (χ2n) is 3.61. The highest BCUT2D eigenvalue weighted by atomic mass is 79.9. The lowest BCUT2D eigenvalue weighted by molar-refractivity contribution is -0.119. The van der Waals surface area contributed by atoms with Crippen LogP contribution < -0.4 is 5.32 Å². The zero-order valence-corrected chi connectivity index (χ0v) is 9.88. The van der Waals surface area contributed by atoms with Crippen molar-refractivity contribution in [1.82, 2.24) is 5.32 Å². The van der Waals surface area contributed by atoms with Crippen molar-refractivity contribution in [2.45, 2.75) is 12.8 Å². The van der Waals surface area contributed by atoms with E-state index in [1.165, 1.54) is 0 Å². The van der Waals surface area contributed by atoms with Crippen molar-refractivity contribution in [1.29, 1.82) is 0 Å². The Morgan fingerprint density at radius 1 is 1.27 bits per heavy atom. The monoisotopic (exact) mass is 265 g/mol. The van der Waals surface area contributed by atoms with Crippen LogP contribution in [0.3, 0.4) is 0 Å². The van der Waals surface area contributed by atoms with E-state index in [4.69, 9.17) is 0 Å². The summed E-state index contributed by atoms with van der Waals surface area (Å²) in [4.78, 5) is 11.2. The number of piperidine rings is 1. The first kappa shape index (κ1) is 10.4. The number of allylic oxidation sites excluding steroid dienone is 1. The Bertz CT molecular complexity index is 395. The van der Waals surface area contributed by atoms with Gasteiger partial charge in [0.2, 0.25) is 0 Å². The number of halogens is 1. The van der Waals surface area contributed by atoms with Gasteiger partial charge in [-0.05, 0) is 23.8 Å². The number of nitrogens with one attached hydrogen (secondary N) is 1. The van der Waals surface area contributed by atoms with E-state index in [9.17, 15) is 4.79 Å². The van der Waals surface area contributed by atoms with Gasteiger partial charge in [-0.2, -0.15) is 0 Å². The van der Waals surface area contributed by atoms with E-state index in [1.54, 1.807) is 0 Å². The Morgan fingerprint density at radius 2 is 2.00 bits per heavy atom. The van der Waals surface area contributed by atoms with Gasteiger partial charge >= 0.3 is 0 Å². The minimum Gasteiger partial charge on any atom is -0.388 e. The molecule has 1 aromatic rings. The normalized spacial score (nSPS) is 19.0. The van der Waals surface area contributed by atoms with E-state index < -0.39 is 0 Å². The fourth-order valence-corrected chi connectivity index (χ4v) is 1.85. The number of hydrogen-bond acceptors (Lipinski definition) is 2. The summed E-state index contributed by atoms with van der Waals surface area (Å²) in [7, 11) is 0. The van der Waals surface area contributed by atoms with Gasteiger partial charge in [0.1, 0.15) is 5.78 Å². The zero-order valence-electron chi connectivity index (χ0n) is 8.29. The number of ketones is 1. The molecule has 0 bridgehead atoms. The third-order valence-electron chi connectivity index (χ3n) is 2.35. The van der Waals surface area contributed by atoms with Crippen LogP contribution in [0.4, 0.5) is 0 Å². The summed E-state index contributed by atoms with van der Waals surface area (Å²) in [6.45, 7) is 0.765. The van der Waals surface area contributed by atoms with Crippen LogP contribution in [-0.2, 0) is 4.79 Å². The molecule has 0 amide bonds. The minimum atomic E-state index is 0.317. The summed E-state index contributed by atoms with van der Waals surface area (Å²) >= 11 is 3.39. The van der Waals surface area contributed by atoms with Crippen molar-refractivity contribution < 1.29 is 4.79 Å². The molecule has 1 saturated heterocycles. The first-order valence-electron chi connectivity index (χ1n) is 4.96. The van der Waals surface area contributed by atoms with Gasteiger partial charge in [-0.3, -0.25) is 4.79 Å². The summed E-state index contributed by atoms with van der Waals surface area (Å²) in [6.07, 6.45) is 3.22. The third kappa shape index (κ3) is 2.93. The molecule has 1 N–H and O–H groups in total. The smallest absolute Gasteiger partial charge is 0.140 e. The average molecular weight is 266 g/mol. The van der Waals surface area contributed by atoms with Gasteiger partial charge in [0, 0.05) is 29.6 Å². The Labute approximate surface area is 97.5 Å². The van der Waals surface area contributed by atoms with Crippen LogP contribution in [-0.4, -0.2) is 12.3 Å². The van der Waals surface area contributed by atoms with Crippen molar-refractivity contribution >= 4 is 27.8 Å². The number of benzene rings is 1. The predicted molar refractivity (Wildman–Crippen MR) is 64.4 cm³/mol. The first-order chi connectivity index (χ1) is 7.24. The Kier molecular flexibility index (Phi) is 3.21. The van der Waals surface area contributed by atoms with Crippen LogP contribution in [0.2, 0.25) is 0 Å². The van der Waals surface area contributed by atoms with E-state index in [0.717, 1.165) is 22.3 Å². The molecule has 0 saturated carbocycles. The molecule has 3 heteroatoms. The van der Waals surface area contributed by atoms with Crippen LogP contribution in [0, 0.1) is 0 Å². The van der Waals surface area contributed by atoms with Gasteiger partial charge in [0.15, 0.2) is 0 Å². The summed E-state index contributed by atoms with van der Waals surface area (Å²) < 4.78 is 1.07. The van der Waals surface area contributed by atoms with Gasteiger partial charge in [0.25, 0.3) is 0 Å². The number of rotatable bonds is 1. The van der Waals surface area contributed by atoms with Crippen molar-refractivity contribution in [2.24, 2.45) is 0 Å². The molecule has 1 fully saturated rings. The first-order valence-corrected chi connectivity index (χ1v) is 5.75. The van der Waals surface area contributed by atoms with Crippen molar-refractivity contribution in [2.75, 3.05) is 6.54 Å². The molecular weight excluding hydrogens is 254 g/mol. The lowest BCUT2D eigenvalue weighted by Gasteiger charge is -2.15. The molecule has 0 aliphatic carbocycles. The van der Waals surface area contributed by atoms with Crippen molar-refractivity contribution in [3.05, 3.63) is 40.0 Å². The maximum absolute atomic E-state index is 11.2. The molecule has 78 valence electrons. The maximum Gasteiger partial charge on any atom is 0.140 e. The molecule has 15 heavy (non-hydrogen) atoms. The molecule has 0 spiro atoms. The number of hydrogen-bond donors (Lipinski definition) is 1. The summed E-state index contributed by atoms with van der Waals surface area (Å²) in [6, 6.07) is 8.05. The highest BCUT2D eigenvalue weighted by molar-refractivity contribution is 9.10. The summed E-state index contributed by atoms with van der Waals surface area (Å²) in [5.41, 5.74) is 2.14. The number of carbonyl (C=O) groups is 1. The summed E-state index contributed by atoms with van der Waals surface area (Å²) in [5, 5.41) is 3.24. The number of carbonyl (C=O) groups excluding carboxylic acids is 1. The maximum atomic E-state index is 11.2. The summed E-state index contributed by atoms with van der Waals surface area (Å²) in [5.74, 6) is 0.317. The highest BCUT2D eigenvalue weighted by Crippen LogP contribution is 2.15. The van der Waals surface area contributed by atoms with E-state index in [-0.39, 0.29) is 0 Å². The molecule has 2 nitrogen and oxygen atoms in total. The lowest BCUT2D eigenvalue weighted by Crippen LogP contribution is -2.25. The standard InChI is InChI=1S/C12H12BrNO/c13-10-3-1-9(2-4-10)7-11-8-12(15)5-6-14-11/h1-4,7,14H,5-6,8H2. The van der Waals surface area contributed by atoms with Gasteiger partial charge < -0.3 is 5.32 Å². The minimum absolute atomic E-state index is 0.317. The molecule has 1 heterocycles. The SMILES string of the molecule is O=C1CCNC(=Cc2ccc(Br)cc2)C1. The highest BCUT2D eigenvalue weighted by Gasteiger charge is 2.11. The molecule has 1 aliphatic heterocycles. The lowest BCUT2D eigenvalue weighted by atomic mass is 10.1. The zero-order chi connectivity index (χ0) is 10.7. The average Bonchev–Trinajstić information content (AvgIpc) is 2.22. The van der Waals surface area contributed by atoms with Crippen LogP contribution >= 0.6 is 15.9 Å². The van der Waals surface area contributed by atoms with Crippen LogP contribution in [0.5, 0.6) is 0 Å². The molecular formula is C12H12BrNO. The van der Waals surface area contributed by atoms with Gasteiger partial charge in [-0.1, -0.05) is 28.1 Å². The third-order valence-corrected chi connectivity index (χ3v) is 2.88. The second-order valence-corrected chi connectivity index (χ2v) is 4.53. The van der Waals surface area contributed by atoms with E-state index >= 15 is 0 Å². The molecule has 0 unspecified atom stereocenters. The fraction of sp³-hybridized carbons (Fsp3) is 0.250.